The summed E-state index contributed by atoms with van der Waals surface area (Å²) in [5.41, 5.74) is 6.32. The monoisotopic (exact) mass is 313 g/mol. The molecule has 7 nitrogen and oxygen atoms in total. The molecule has 0 fully saturated rings. The first-order chi connectivity index (χ1) is 9.46. The summed E-state index contributed by atoms with van der Waals surface area (Å²) in [5, 5.41) is 3.80. The van der Waals surface area contributed by atoms with E-state index in [9.17, 15) is 8.42 Å². The van der Waals surface area contributed by atoms with Crippen LogP contribution in [0.5, 0.6) is 0 Å². The van der Waals surface area contributed by atoms with Crippen LogP contribution in [0.3, 0.4) is 0 Å². The van der Waals surface area contributed by atoms with Gasteiger partial charge in [0.15, 0.2) is 0 Å². The fourth-order valence-corrected chi connectivity index (χ4v) is 3.86. The molecule has 2 aromatic rings. The first-order valence-electron chi connectivity index (χ1n) is 5.79. The normalized spacial score (nSPS) is 11.4. The van der Waals surface area contributed by atoms with Gasteiger partial charge in [0.05, 0.1) is 5.75 Å². The third-order valence-electron chi connectivity index (χ3n) is 2.44. The molecular weight excluding hydrogens is 298 g/mol. The van der Waals surface area contributed by atoms with Gasteiger partial charge >= 0.3 is 0 Å². The lowest BCUT2D eigenvalue weighted by Crippen LogP contribution is -2.20. The van der Waals surface area contributed by atoms with Crippen molar-refractivity contribution in [2.45, 2.75) is 4.90 Å². The van der Waals surface area contributed by atoms with E-state index in [4.69, 9.17) is 5.73 Å². The molecule has 0 atom stereocenters. The lowest BCUT2D eigenvalue weighted by Gasteiger charge is -2.06. The number of nitrogen functional groups attached to an aromatic ring is 1. The molecule has 2 rings (SSSR count). The van der Waals surface area contributed by atoms with Crippen molar-refractivity contribution in [1.29, 1.82) is 0 Å². The third-order valence-corrected chi connectivity index (χ3v) is 4.93. The molecule has 1 aromatic heterocycles. The molecule has 0 saturated heterocycles. The Balaban J connectivity index is 1.88. The van der Waals surface area contributed by atoms with Gasteiger partial charge in [-0.3, -0.25) is 4.72 Å². The maximum atomic E-state index is 11.9. The highest BCUT2D eigenvalue weighted by molar-refractivity contribution is 8.01. The van der Waals surface area contributed by atoms with Gasteiger partial charge in [-0.15, -0.1) is 11.8 Å². The average molecular weight is 313 g/mol. The van der Waals surface area contributed by atoms with Gasteiger partial charge in [0.2, 0.25) is 16.0 Å². The molecule has 0 unspecified atom stereocenters. The molecule has 1 aromatic carbocycles. The number of aryl methyl sites for hydroxylation is 1. The zero-order valence-corrected chi connectivity index (χ0v) is 12.5. The van der Waals surface area contributed by atoms with Gasteiger partial charge in [-0.1, -0.05) is 6.07 Å². The standard InChI is InChI=1S/C11H15N5O2S2/c1-16-11(13-8-14-16)15-20(17,18)6-5-19-10-4-2-3-9(12)7-10/h2-4,7-8H,5-6,12H2,1H3,(H,13,14,15). The quantitative estimate of drug-likeness (QED) is 0.607. The van der Waals surface area contributed by atoms with Crippen molar-refractivity contribution in [3.63, 3.8) is 0 Å². The van der Waals surface area contributed by atoms with Crippen LogP contribution in [0.15, 0.2) is 35.5 Å². The number of nitrogens with zero attached hydrogens (tertiary/aromatic N) is 3. The number of hydrogen-bond acceptors (Lipinski definition) is 6. The van der Waals surface area contributed by atoms with E-state index in [2.05, 4.69) is 14.8 Å². The summed E-state index contributed by atoms with van der Waals surface area (Å²) in [7, 11) is -1.82. The second kappa shape index (κ2) is 6.14. The number of nitrogens with two attached hydrogens (primary N) is 1. The summed E-state index contributed by atoms with van der Waals surface area (Å²) in [6.45, 7) is 0. The van der Waals surface area contributed by atoms with Crippen LogP contribution < -0.4 is 10.5 Å². The molecule has 0 radical (unpaired) electrons. The van der Waals surface area contributed by atoms with Crippen molar-refractivity contribution in [3.05, 3.63) is 30.6 Å². The van der Waals surface area contributed by atoms with Crippen LogP contribution in [-0.4, -0.2) is 34.7 Å². The molecule has 20 heavy (non-hydrogen) atoms. The molecule has 1 heterocycles. The average Bonchev–Trinajstić information content (AvgIpc) is 2.74. The second-order valence-electron chi connectivity index (χ2n) is 4.05. The number of thioether (sulfide) groups is 1. The van der Waals surface area contributed by atoms with Crippen LogP contribution in [0.1, 0.15) is 0 Å². The smallest absolute Gasteiger partial charge is 0.235 e. The topological polar surface area (TPSA) is 103 Å². The van der Waals surface area contributed by atoms with Gasteiger partial charge in [0.1, 0.15) is 6.33 Å². The SMILES string of the molecule is Cn1ncnc1NS(=O)(=O)CCSc1cccc(N)c1. The first kappa shape index (κ1) is 14.7. The number of rotatable bonds is 6. The summed E-state index contributed by atoms with van der Waals surface area (Å²) >= 11 is 1.44. The molecule has 9 heteroatoms. The molecule has 0 bridgehead atoms. The minimum atomic E-state index is -3.43. The van der Waals surface area contributed by atoms with Crippen LogP contribution in [0.4, 0.5) is 11.6 Å². The first-order valence-corrected chi connectivity index (χ1v) is 8.43. The van der Waals surface area contributed by atoms with E-state index in [-0.39, 0.29) is 11.7 Å². The zero-order chi connectivity index (χ0) is 14.6. The van der Waals surface area contributed by atoms with Gasteiger partial charge in [-0.2, -0.15) is 10.1 Å². The van der Waals surface area contributed by atoms with Gasteiger partial charge < -0.3 is 5.73 Å². The van der Waals surface area contributed by atoms with E-state index in [0.29, 0.717) is 11.4 Å². The van der Waals surface area contributed by atoms with Crippen molar-refractivity contribution in [2.75, 3.05) is 22.0 Å². The van der Waals surface area contributed by atoms with Gasteiger partial charge in [0.25, 0.3) is 0 Å². The Labute approximate surface area is 121 Å². The fraction of sp³-hybridized carbons (Fsp3) is 0.273. The maximum Gasteiger partial charge on any atom is 0.235 e. The largest absolute Gasteiger partial charge is 0.399 e. The van der Waals surface area contributed by atoms with Crippen LogP contribution >= 0.6 is 11.8 Å². The van der Waals surface area contributed by atoms with E-state index in [1.54, 1.807) is 13.1 Å². The van der Waals surface area contributed by atoms with E-state index >= 15 is 0 Å². The lowest BCUT2D eigenvalue weighted by molar-refractivity contribution is 0.601. The van der Waals surface area contributed by atoms with Gasteiger partial charge in [-0.25, -0.2) is 13.1 Å². The molecule has 0 aliphatic rings. The molecular formula is C11H15N5O2S2. The van der Waals surface area contributed by atoms with Crippen LogP contribution in [-0.2, 0) is 17.1 Å². The summed E-state index contributed by atoms with van der Waals surface area (Å²) in [5.74, 6) is 0.620. The van der Waals surface area contributed by atoms with Crippen molar-refractivity contribution in [3.8, 4) is 0 Å². The Kier molecular flexibility index (Phi) is 4.50. The summed E-state index contributed by atoms with van der Waals surface area (Å²) in [4.78, 5) is 4.76. The van der Waals surface area contributed by atoms with E-state index < -0.39 is 10.0 Å². The predicted molar refractivity (Wildman–Crippen MR) is 80.0 cm³/mol. The van der Waals surface area contributed by atoms with E-state index in [1.807, 2.05) is 18.2 Å². The summed E-state index contributed by atoms with van der Waals surface area (Å²) in [6, 6.07) is 7.33. The molecule has 108 valence electrons. The van der Waals surface area contributed by atoms with Crippen molar-refractivity contribution >= 4 is 33.4 Å². The summed E-state index contributed by atoms with van der Waals surface area (Å²) in [6.07, 6.45) is 1.29. The van der Waals surface area contributed by atoms with Crippen LogP contribution in [0.25, 0.3) is 0 Å². The van der Waals surface area contributed by atoms with Gasteiger partial charge in [0, 0.05) is 23.4 Å². The second-order valence-corrected chi connectivity index (χ2v) is 7.06. The molecule has 3 N–H and O–H groups in total. The van der Waals surface area contributed by atoms with Crippen LogP contribution in [0.2, 0.25) is 0 Å². The number of sulfonamides is 1. The number of benzene rings is 1. The predicted octanol–water partition coefficient (Wildman–Crippen LogP) is 0.931. The summed E-state index contributed by atoms with van der Waals surface area (Å²) < 4.78 is 27.5. The zero-order valence-electron chi connectivity index (χ0n) is 10.9. The Morgan fingerprint density at radius 2 is 2.25 bits per heavy atom. The highest BCUT2D eigenvalue weighted by Crippen LogP contribution is 2.20. The van der Waals surface area contributed by atoms with E-state index in [0.717, 1.165) is 4.90 Å². The lowest BCUT2D eigenvalue weighted by atomic mass is 10.3. The number of anilines is 2. The number of nitrogens with one attached hydrogen (secondary N) is 1. The minimum absolute atomic E-state index is 0.0146. The van der Waals surface area contributed by atoms with E-state index in [1.165, 1.54) is 22.8 Å². The molecule has 0 spiro atoms. The fourth-order valence-electron chi connectivity index (χ4n) is 1.45. The number of aromatic nitrogens is 3. The maximum absolute atomic E-state index is 11.9. The molecule has 0 aliphatic heterocycles. The minimum Gasteiger partial charge on any atom is -0.399 e. The Bertz CT molecular complexity index is 684. The third kappa shape index (κ3) is 4.14. The number of hydrogen-bond donors (Lipinski definition) is 2. The van der Waals surface area contributed by atoms with Gasteiger partial charge in [-0.05, 0) is 18.2 Å². The van der Waals surface area contributed by atoms with Crippen molar-refractivity contribution < 1.29 is 8.42 Å². The molecule has 0 amide bonds. The van der Waals surface area contributed by atoms with Crippen molar-refractivity contribution in [2.24, 2.45) is 7.05 Å². The van der Waals surface area contributed by atoms with Crippen LogP contribution in [0, 0.1) is 0 Å². The highest BCUT2D eigenvalue weighted by atomic mass is 32.2. The Hall–Kier alpha value is -1.74. The Morgan fingerprint density at radius 3 is 2.90 bits per heavy atom. The van der Waals surface area contributed by atoms with Crippen molar-refractivity contribution in [1.82, 2.24) is 14.8 Å². The highest BCUT2D eigenvalue weighted by Gasteiger charge is 2.13. The molecule has 0 aliphatic carbocycles. The molecule has 0 saturated carbocycles. The Morgan fingerprint density at radius 1 is 1.45 bits per heavy atom.